The maximum Gasteiger partial charge on any atom is 0.258 e. The minimum Gasteiger partial charge on any atom is -0.350 e. The molecular weight excluding hydrogens is 343 g/mol. The number of carbonyl (C=O) groups excluding carboxylic acids is 1. The normalized spacial score (nSPS) is 10.3. The molecule has 2 aromatic carbocycles. The molecule has 0 atom stereocenters. The second-order valence-corrected chi connectivity index (χ2v) is 5.61. The van der Waals surface area contributed by atoms with E-state index < -0.39 is 11.7 Å². The van der Waals surface area contributed by atoms with Gasteiger partial charge in [0.15, 0.2) is 0 Å². The van der Waals surface area contributed by atoms with Crippen molar-refractivity contribution in [2.24, 2.45) is 0 Å². The first-order valence-electron chi connectivity index (χ1n) is 7.48. The summed E-state index contributed by atoms with van der Waals surface area (Å²) in [7, 11) is 0. The molecule has 2 N–H and O–H groups in total. The van der Waals surface area contributed by atoms with Gasteiger partial charge < -0.3 is 10.6 Å². The van der Waals surface area contributed by atoms with Crippen LogP contribution in [0.4, 0.5) is 16.0 Å². The highest BCUT2D eigenvalue weighted by Gasteiger charge is 2.08. The minimum atomic E-state index is -0.423. The molecule has 0 unspecified atom stereocenters. The Kier molecular flexibility index (Phi) is 5.20. The fraction of sp³-hybridized carbons (Fsp3) is 0.0556. The maximum absolute atomic E-state index is 13.1. The topological polar surface area (TPSA) is 66.9 Å². The van der Waals surface area contributed by atoms with Crippen LogP contribution in [0.15, 0.2) is 60.9 Å². The number of anilines is 2. The van der Waals surface area contributed by atoms with Crippen LogP contribution in [0.25, 0.3) is 0 Å². The predicted molar refractivity (Wildman–Crippen MR) is 95.2 cm³/mol. The largest absolute Gasteiger partial charge is 0.350 e. The Hall–Kier alpha value is -2.99. The Bertz CT molecular complexity index is 886. The molecule has 1 aromatic heterocycles. The number of hydrogen-bond donors (Lipinski definition) is 2. The van der Waals surface area contributed by atoms with Crippen molar-refractivity contribution < 1.29 is 9.18 Å². The average Bonchev–Trinajstić information content (AvgIpc) is 2.61. The van der Waals surface area contributed by atoms with Crippen LogP contribution >= 0.6 is 11.6 Å². The van der Waals surface area contributed by atoms with Crippen molar-refractivity contribution in [3.8, 4) is 0 Å². The van der Waals surface area contributed by atoms with Crippen LogP contribution in [-0.4, -0.2) is 15.9 Å². The molecule has 0 aliphatic heterocycles. The maximum atomic E-state index is 13.1. The Morgan fingerprint density at radius 2 is 1.84 bits per heavy atom. The lowest BCUT2D eigenvalue weighted by molar-refractivity contribution is 0.102. The molecule has 0 aliphatic carbocycles. The third-order valence-electron chi connectivity index (χ3n) is 3.39. The van der Waals surface area contributed by atoms with Gasteiger partial charge >= 0.3 is 0 Å². The molecule has 7 heteroatoms. The summed E-state index contributed by atoms with van der Waals surface area (Å²) in [6.07, 6.45) is 2.80. The Morgan fingerprint density at radius 1 is 1.08 bits per heavy atom. The molecule has 0 spiro atoms. The highest BCUT2D eigenvalue weighted by Crippen LogP contribution is 2.16. The van der Waals surface area contributed by atoms with Gasteiger partial charge in [-0.1, -0.05) is 35.9 Å². The summed E-state index contributed by atoms with van der Waals surface area (Å²) in [5, 5.41) is 6.28. The Balaban J connectivity index is 1.61. The monoisotopic (exact) mass is 356 g/mol. The number of nitrogens with zero attached hydrogens (tertiary/aromatic N) is 2. The van der Waals surface area contributed by atoms with Gasteiger partial charge in [-0.25, -0.2) is 14.4 Å². The van der Waals surface area contributed by atoms with Crippen LogP contribution < -0.4 is 10.6 Å². The van der Waals surface area contributed by atoms with Gasteiger partial charge in [0.25, 0.3) is 5.91 Å². The molecular formula is C18H14ClFN4O. The number of halogens is 2. The van der Waals surface area contributed by atoms with Crippen LogP contribution in [0.2, 0.25) is 5.02 Å². The first-order chi connectivity index (χ1) is 12.1. The zero-order valence-electron chi connectivity index (χ0n) is 13.0. The quantitative estimate of drug-likeness (QED) is 0.721. The van der Waals surface area contributed by atoms with Crippen molar-refractivity contribution in [1.82, 2.24) is 9.97 Å². The third kappa shape index (κ3) is 4.51. The van der Waals surface area contributed by atoms with E-state index in [0.29, 0.717) is 23.2 Å². The van der Waals surface area contributed by atoms with Gasteiger partial charge in [-0.15, -0.1) is 0 Å². The van der Waals surface area contributed by atoms with Crippen LogP contribution in [-0.2, 0) is 6.54 Å². The number of nitrogens with one attached hydrogen (secondary N) is 2. The standard InChI is InChI=1S/C18H14ClFN4O/c19-16-7-2-1-4-12(16)9-21-18-22-10-13(11-23-18)17(25)24-15-6-3-5-14(20)8-15/h1-8,10-11H,9H2,(H,24,25)(H,21,22,23). The van der Waals surface area contributed by atoms with Crippen molar-refractivity contribution in [3.63, 3.8) is 0 Å². The summed E-state index contributed by atoms with van der Waals surface area (Å²) in [5.74, 6) is -0.460. The van der Waals surface area contributed by atoms with Gasteiger partial charge in [0.05, 0.1) is 5.56 Å². The first-order valence-corrected chi connectivity index (χ1v) is 7.86. The lowest BCUT2D eigenvalue weighted by Crippen LogP contribution is -2.13. The molecule has 0 bridgehead atoms. The first kappa shape index (κ1) is 16.9. The second kappa shape index (κ2) is 7.72. The van der Waals surface area contributed by atoms with Crippen molar-refractivity contribution in [1.29, 1.82) is 0 Å². The molecule has 0 radical (unpaired) electrons. The smallest absolute Gasteiger partial charge is 0.258 e. The highest BCUT2D eigenvalue weighted by molar-refractivity contribution is 6.31. The molecule has 3 aromatic rings. The molecule has 126 valence electrons. The zero-order chi connectivity index (χ0) is 17.6. The summed E-state index contributed by atoms with van der Waals surface area (Å²) < 4.78 is 13.1. The molecule has 0 saturated carbocycles. The van der Waals surface area contributed by atoms with Crippen molar-refractivity contribution in [2.45, 2.75) is 6.54 Å². The Labute approximate surface area is 148 Å². The number of aromatic nitrogens is 2. The average molecular weight is 357 g/mol. The number of amides is 1. The lowest BCUT2D eigenvalue weighted by atomic mass is 10.2. The van der Waals surface area contributed by atoms with Crippen molar-refractivity contribution >= 4 is 29.1 Å². The van der Waals surface area contributed by atoms with E-state index in [1.165, 1.54) is 30.6 Å². The van der Waals surface area contributed by atoms with E-state index in [2.05, 4.69) is 20.6 Å². The highest BCUT2D eigenvalue weighted by atomic mass is 35.5. The van der Waals surface area contributed by atoms with Crippen molar-refractivity contribution in [2.75, 3.05) is 10.6 Å². The van der Waals surface area contributed by atoms with Gasteiger partial charge in [-0.05, 0) is 29.8 Å². The summed E-state index contributed by atoms with van der Waals surface area (Å²) in [6.45, 7) is 0.467. The number of carbonyl (C=O) groups is 1. The molecule has 0 aliphatic rings. The summed E-state index contributed by atoms with van der Waals surface area (Å²) in [6, 6.07) is 13.1. The zero-order valence-corrected chi connectivity index (χ0v) is 13.8. The van der Waals surface area contributed by atoms with Crippen molar-refractivity contribution in [3.05, 3.63) is 82.9 Å². The molecule has 25 heavy (non-hydrogen) atoms. The van der Waals surface area contributed by atoms with E-state index in [1.807, 2.05) is 18.2 Å². The van der Waals surface area contributed by atoms with Gasteiger partial charge in [0.1, 0.15) is 5.82 Å². The predicted octanol–water partition coefficient (Wildman–Crippen LogP) is 4.13. The van der Waals surface area contributed by atoms with Crippen LogP contribution in [0, 0.1) is 5.82 Å². The molecule has 1 heterocycles. The second-order valence-electron chi connectivity index (χ2n) is 5.20. The number of hydrogen-bond acceptors (Lipinski definition) is 4. The summed E-state index contributed by atoms with van der Waals surface area (Å²) in [4.78, 5) is 20.3. The van der Waals surface area contributed by atoms with E-state index >= 15 is 0 Å². The van der Waals surface area contributed by atoms with E-state index in [-0.39, 0.29) is 5.56 Å². The molecule has 1 amide bonds. The third-order valence-corrected chi connectivity index (χ3v) is 3.76. The van der Waals surface area contributed by atoms with E-state index in [9.17, 15) is 9.18 Å². The van der Waals surface area contributed by atoms with Gasteiger partial charge in [0.2, 0.25) is 5.95 Å². The SMILES string of the molecule is O=C(Nc1cccc(F)c1)c1cnc(NCc2ccccc2Cl)nc1. The van der Waals surface area contributed by atoms with Gasteiger partial charge in [0, 0.05) is 29.6 Å². The minimum absolute atomic E-state index is 0.271. The Morgan fingerprint density at radius 3 is 2.56 bits per heavy atom. The lowest BCUT2D eigenvalue weighted by Gasteiger charge is -2.08. The summed E-state index contributed by atoms with van der Waals surface area (Å²) in [5.41, 5.74) is 1.55. The molecule has 3 rings (SSSR count). The van der Waals surface area contributed by atoms with Gasteiger partial charge in [-0.3, -0.25) is 4.79 Å². The van der Waals surface area contributed by atoms with Crippen LogP contribution in [0.5, 0.6) is 0 Å². The fourth-order valence-electron chi connectivity index (χ4n) is 2.12. The van der Waals surface area contributed by atoms with Crippen LogP contribution in [0.3, 0.4) is 0 Å². The molecule has 0 saturated heterocycles. The summed E-state index contributed by atoms with van der Waals surface area (Å²) >= 11 is 6.08. The van der Waals surface area contributed by atoms with Gasteiger partial charge in [-0.2, -0.15) is 0 Å². The molecule has 5 nitrogen and oxygen atoms in total. The van der Waals surface area contributed by atoms with Crippen LogP contribution in [0.1, 0.15) is 15.9 Å². The molecule has 0 fully saturated rings. The number of rotatable bonds is 5. The number of benzene rings is 2. The fourth-order valence-corrected chi connectivity index (χ4v) is 2.32. The van der Waals surface area contributed by atoms with E-state index in [0.717, 1.165) is 5.56 Å². The van der Waals surface area contributed by atoms with E-state index in [1.54, 1.807) is 12.1 Å². The van der Waals surface area contributed by atoms with E-state index in [4.69, 9.17) is 11.6 Å².